The maximum absolute atomic E-state index is 8.74. The number of anilines is 1. The summed E-state index contributed by atoms with van der Waals surface area (Å²) in [6, 6.07) is 7.59. The predicted octanol–water partition coefficient (Wildman–Crippen LogP) is 2.76. The lowest BCUT2D eigenvalue weighted by atomic mass is 10.2. The molecular formula is C11H11ClN2S. The van der Waals surface area contributed by atoms with Crippen LogP contribution in [0.1, 0.15) is 5.56 Å². The Kier molecular flexibility index (Phi) is 3.40. The molecule has 0 N–H and O–H groups in total. The Hall–Kier alpha value is -0.850. The maximum atomic E-state index is 8.74. The fourth-order valence-electron chi connectivity index (χ4n) is 1.64. The summed E-state index contributed by atoms with van der Waals surface area (Å²) in [4.78, 5) is 2.28. The topological polar surface area (TPSA) is 27.0 Å². The Morgan fingerprint density at radius 3 is 2.67 bits per heavy atom. The van der Waals surface area contributed by atoms with Crippen LogP contribution in [0.15, 0.2) is 18.2 Å². The second kappa shape index (κ2) is 4.78. The molecule has 0 atom stereocenters. The normalized spacial score (nSPS) is 16.1. The highest BCUT2D eigenvalue weighted by Crippen LogP contribution is 2.28. The standard InChI is InChI=1S/C11H11ClN2S/c12-10-7-9(8-13)1-2-11(10)14-3-5-15-6-4-14/h1-2,7H,3-6H2. The van der Waals surface area contributed by atoms with Gasteiger partial charge in [-0.25, -0.2) is 0 Å². The molecule has 1 aliphatic rings. The first kappa shape index (κ1) is 10.7. The zero-order valence-electron chi connectivity index (χ0n) is 8.24. The molecule has 2 rings (SSSR count). The van der Waals surface area contributed by atoms with Gasteiger partial charge < -0.3 is 4.90 Å². The minimum atomic E-state index is 0.620. The van der Waals surface area contributed by atoms with Crippen molar-refractivity contribution in [3.8, 4) is 6.07 Å². The van der Waals surface area contributed by atoms with E-state index in [1.807, 2.05) is 23.9 Å². The molecule has 78 valence electrons. The molecule has 15 heavy (non-hydrogen) atoms. The molecule has 0 amide bonds. The van der Waals surface area contributed by atoms with E-state index in [1.165, 1.54) is 0 Å². The Labute approximate surface area is 98.8 Å². The van der Waals surface area contributed by atoms with Crippen LogP contribution in [0, 0.1) is 11.3 Å². The molecule has 0 unspecified atom stereocenters. The molecule has 0 bridgehead atoms. The van der Waals surface area contributed by atoms with E-state index < -0.39 is 0 Å². The number of benzene rings is 1. The van der Waals surface area contributed by atoms with E-state index in [2.05, 4.69) is 11.0 Å². The summed E-state index contributed by atoms with van der Waals surface area (Å²) in [5, 5.41) is 9.42. The van der Waals surface area contributed by atoms with Gasteiger partial charge in [0.25, 0.3) is 0 Å². The van der Waals surface area contributed by atoms with Crippen LogP contribution >= 0.6 is 23.4 Å². The second-order valence-corrected chi connectivity index (χ2v) is 5.01. The smallest absolute Gasteiger partial charge is 0.0992 e. The van der Waals surface area contributed by atoms with Gasteiger partial charge in [0.2, 0.25) is 0 Å². The van der Waals surface area contributed by atoms with Crippen LogP contribution in [0.4, 0.5) is 5.69 Å². The third-order valence-corrected chi connectivity index (χ3v) is 3.67. The highest BCUT2D eigenvalue weighted by Gasteiger charge is 2.13. The molecule has 0 spiro atoms. The molecule has 1 aromatic carbocycles. The van der Waals surface area contributed by atoms with Crippen LogP contribution in [-0.2, 0) is 0 Å². The van der Waals surface area contributed by atoms with Gasteiger partial charge in [-0.2, -0.15) is 17.0 Å². The van der Waals surface area contributed by atoms with Crippen LogP contribution < -0.4 is 4.90 Å². The summed E-state index contributed by atoms with van der Waals surface area (Å²) >= 11 is 8.11. The molecule has 1 fully saturated rings. The van der Waals surface area contributed by atoms with Crippen molar-refractivity contribution in [3.63, 3.8) is 0 Å². The van der Waals surface area contributed by atoms with E-state index in [9.17, 15) is 0 Å². The van der Waals surface area contributed by atoms with Gasteiger partial charge >= 0.3 is 0 Å². The first-order valence-corrected chi connectivity index (χ1v) is 6.37. The van der Waals surface area contributed by atoms with Crippen molar-refractivity contribution >= 4 is 29.1 Å². The van der Waals surface area contributed by atoms with E-state index in [-0.39, 0.29) is 0 Å². The SMILES string of the molecule is N#Cc1ccc(N2CCSCC2)c(Cl)c1. The lowest BCUT2D eigenvalue weighted by Crippen LogP contribution is -2.32. The Morgan fingerprint density at radius 2 is 2.07 bits per heavy atom. The summed E-state index contributed by atoms with van der Waals surface area (Å²) in [5.41, 5.74) is 1.67. The second-order valence-electron chi connectivity index (χ2n) is 3.38. The summed E-state index contributed by atoms with van der Waals surface area (Å²) in [5.74, 6) is 2.30. The van der Waals surface area contributed by atoms with E-state index in [0.29, 0.717) is 10.6 Å². The van der Waals surface area contributed by atoms with Crippen molar-refractivity contribution in [2.45, 2.75) is 0 Å². The highest BCUT2D eigenvalue weighted by molar-refractivity contribution is 7.99. The molecule has 1 saturated heterocycles. The average molecular weight is 239 g/mol. The molecule has 1 heterocycles. The first-order valence-electron chi connectivity index (χ1n) is 4.83. The van der Waals surface area contributed by atoms with E-state index in [4.69, 9.17) is 16.9 Å². The Morgan fingerprint density at radius 1 is 1.33 bits per heavy atom. The molecule has 0 aromatic heterocycles. The van der Waals surface area contributed by atoms with Crippen LogP contribution in [-0.4, -0.2) is 24.6 Å². The fourth-order valence-corrected chi connectivity index (χ4v) is 2.84. The monoisotopic (exact) mass is 238 g/mol. The van der Waals surface area contributed by atoms with Gasteiger partial charge in [-0.15, -0.1) is 0 Å². The van der Waals surface area contributed by atoms with Gasteiger partial charge in [-0.05, 0) is 18.2 Å². The molecule has 4 heteroatoms. The minimum Gasteiger partial charge on any atom is -0.369 e. The predicted molar refractivity (Wildman–Crippen MR) is 65.7 cm³/mol. The van der Waals surface area contributed by atoms with Gasteiger partial charge in [0.15, 0.2) is 0 Å². The number of nitrogens with zero attached hydrogens (tertiary/aromatic N) is 2. The number of rotatable bonds is 1. The van der Waals surface area contributed by atoms with Crippen molar-refractivity contribution in [2.75, 3.05) is 29.5 Å². The molecular weight excluding hydrogens is 228 g/mol. The lowest BCUT2D eigenvalue weighted by molar-refractivity contribution is 0.859. The molecule has 0 saturated carbocycles. The Bertz CT molecular complexity index is 394. The van der Waals surface area contributed by atoms with Gasteiger partial charge in [0, 0.05) is 24.6 Å². The number of thioether (sulfide) groups is 1. The minimum absolute atomic E-state index is 0.620. The van der Waals surface area contributed by atoms with E-state index >= 15 is 0 Å². The summed E-state index contributed by atoms with van der Waals surface area (Å²) in [7, 11) is 0. The van der Waals surface area contributed by atoms with Gasteiger partial charge in [0.1, 0.15) is 0 Å². The van der Waals surface area contributed by atoms with Crippen molar-refractivity contribution in [1.29, 1.82) is 5.26 Å². The summed E-state index contributed by atoms with van der Waals surface area (Å²) in [6.07, 6.45) is 0. The van der Waals surface area contributed by atoms with Gasteiger partial charge in [0.05, 0.1) is 22.3 Å². The molecule has 1 aliphatic heterocycles. The van der Waals surface area contributed by atoms with Crippen molar-refractivity contribution in [2.24, 2.45) is 0 Å². The number of nitriles is 1. The molecule has 0 aliphatic carbocycles. The largest absolute Gasteiger partial charge is 0.369 e. The molecule has 2 nitrogen and oxygen atoms in total. The van der Waals surface area contributed by atoms with Crippen LogP contribution in [0.2, 0.25) is 5.02 Å². The van der Waals surface area contributed by atoms with Crippen LogP contribution in [0.5, 0.6) is 0 Å². The quantitative estimate of drug-likeness (QED) is 0.753. The third-order valence-electron chi connectivity index (χ3n) is 2.43. The Balaban J connectivity index is 2.24. The van der Waals surface area contributed by atoms with Crippen LogP contribution in [0.3, 0.4) is 0 Å². The van der Waals surface area contributed by atoms with Crippen LogP contribution in [0.25, 0.3) is 0 Å². The average Bonchev–Trinajstić information content (AvgIpc) is 2.30. The number of hydrogen-bond donors (Lipinski definition) is 0. The summed E-state index contributed by atoms with van der Waals surface area (Å²) in [6.45, 7) is 2.08. The lowest BCUT2D eigenvalue weighted by Gasteiger charge is -2.29. The first-order chi connectivity index (χ1) is 7.31. The van der Waals surface area contributed by atoms with Crippen molar-refractivity contribution in [1.82, 2.24) is 0 Å². The zero-order valence-corrected chi connectivity index (χ0v) is 9.81. The maximum Gasteiger partial charge on any atom is 0.0992 e. The highest BCUT2D eigenvalue weighted by atomic mass is 35.5. The molecule has 0 radical (unpaired) electrons. The number of halogens is 1. The fraction of sp³-hybridized carbons (Fsp3) is 0.364. The summed E-state index contributed by atoms with van der Waals surface area (Å²) < 4.78 is 0. The van der Waals surface area contributed by atoms with E-state index in [1.54, 1.807) is 6.07 Å². The van der Waals surface area contributed by atoms with Crippen molar-refractivity contribution in [3.05, 3.63) is 28.8 Å². The van der Waals surface area contributed by atoms with Gasteiger partial charge in [-0.3, -0.25) is 0 Å². The van der Waals surface area contributed by atoms with Gasteiger partial charge in [-0.1, -0.05) is 11.6 Å². The molecule has 1 aromatic rings. The zero-order chi connectivity index (χ0) is 10.7. The van der Waals surface area contributed by atoms with E-state index in [0.717, 1.165) is 30.3 Å². The van der Waals surface area contributed by atoms with Crippen molar-refractivity contribution < 1.29 is 0 Å². The third kappa shape index (κ3) is 2.39. The number of hydrogen-bond acceptors (Lipinski definition) is 3.